The third kappa shape index (κ3) is 1.35. The molecule has 1 aromatic rings. The van der Waals surface area contributed by atoms with Gasteiger partial charge in [0.25, 0.3) is 5.75 Å². The van der Waals surface area contributed by atoms with Crippen LogP contribution in [0.25, 0.3) is 0 Å². The highest BCUT2D eigenvalue weighted by Crippen LogP contribution is 2.52. The van der Waals surface area contributed by atoms with Gasteiger partial charge in [-0.3, -0.25) is 10.1 Å². The summed E-state index contributed by atoms with van der Waals surface area (Å²) < 4.78 is 30.1. The molecule has 10 heteroatoms. The molecule has 2 rings (SSSR count). The molecular weight excluding hydrogens is 246 g/mol. The topological polar surface area (TPSA) is 136 Å². The van der Waals surface area contributed by atoms with Gasteiger partial charge in [0.1, 0.15) is 0 Å². The molecule has 0 fully saturated rings. The Morgan fingerprint density at radius 1 is 1.31 bits per heavy atom. The molecule has 0 amide bonds. The molecule has 0 radical (unpaired) electrons. The fourth-order valence-corrected chi connectivity index (χ4v) is 1.89. The first-order chi connectivity index (χ1) is 7.32. The fourth-order valence-electron chi connectivity index (χ4n) is 1.14. The first kappa shape index (κ1) is 10.3. The summed E-state index contributed by atoms with van der Waals surface area (Å²) in [4.78, 5) is 9.45. The Kier molecular flexibility index (Phi) is 1.85. The van der Waals surface area contributed by atoms with Crippen LogP contribution in [-0.2, 0) is 10.4 Å². The summed E-state index contributed by atoms with van der Waals surface area (Å²) in [5.41, 5.74) is -1.07. The van der Waals surface area contributed by atoms with Crippen molar-refractivity contribution in [3.05, 3.63) is 16.2 Å². The normalized spacial score (nSPS) is 16.0. The predicted octanol–water partition coefficient (Wildman–Crippen LogP) is 0.0220. The van der Waals surface area contributed by atoms with E-state index in [4.69, 9.17) is 5.11 Å². The maximum absolute atomic E-state index is 10.9. The van der Waals surface area contributed by atoms with Gasteiger partial charge in [-0.1, -0.05) is 0 Å². The summed E-state index contributed by atoms with van der Waals surface area (Å²) >= 11 is 0. The second-order valence-electron chi connectivity index (χ2n) is 2.75. The lowest BCUT2D eigenvalue weighted by Crippen LogP contribution is -2.08. The SMILES string of the molecule is O=[N+]([O-])c1c(O)c(O)cc2c1OS(=O)(=O)O2. The fraction of sp³-hybridized carbons (Fsp3) is 0. The number of aromatic hydroxyl groups is 2. The first-order valence-electron chi connectivity index (χ1n) is 3.69. The van der Waals surface area contributed by atoms with Gasteiger partial charge in [0.05, 0.1) is 4.92 Å². The van der Waals surface area contributed by atoms with Crippen molar-refractivity contribution < 1.29 is 31.9 Å². The summed E-state index contributed by atoms with van der Waals surface area (Å²) in [5, 5.41) is 28.8. The summed E-state index contributed by atoms with van der Waals surface area (Å²) in [6.07, 6.45) is 0. The van der Waals surface area contributed by atoms with Crippen LogP contribution in [0.2, 0.25) is 0 Å². The maximum Gasteiger partial charge on any atom is 0.501 e. The summed E-state index contributed by atoms with van der Waals surface area (Å²) in [5.74, 6) is -3.29. The Labute approximate surface area is 87.9 Å². The molecule has 86 valence electrons. The second kappa shape index (κ2) is 2.88. The average molecular weight is 249 g/mol. The molecule has 0 saturated heterocycles. The molecule has 2 N–H and O–H groups in total. The van der Waals surface area contributed by atoms with E-state index in [1.807, 2.05) is 0 Å². The number of hydrogen-bond donors (Lipinski definition) is 2. The number of nitrogens with zero attached hydrogens (tertiary/aromatic N) is 1. The molecule has 16 heavy (non-hydrogen) atoms. The molecule has 0 aromatic heterocycles. The Morgan fingerprint density at radius 2 is 1.94 bits per heavy atom. The highest BCUT2D eigenvalue weighted by Gasteiger charge is 2.39. The third-order valence-electron chi connectivity index (χ3n) is 1.73. The molecule has 1 aliphatic rings. The van der Waals surface area contributed by atoms with E-state index < -0.39 is 44.0 Å². The first-order valence-corrected chi connectivity index (χ1v) is 5.02. The standard InChI is InChI=1S/C6H3NO8S/c8-2-1-3-6(15-16(12,13)14-3)4(5(2)9)7(10)11/h1,8-9H. The molecule has 0 unspecified atom stereocenters. The minimum Gasteiger partial charge on any atom is -0.504 e. The van der Waals surface area contributed by atoms with E-state index in [0.717, 1.165) is 0 Å². The van der Waals surface area contributed by atoms with E-state index in [1.54, 1.807) is 0 Å². The monoisotopic (exact) mass is 249 g/mol. The maximum atomic E-state index is 10.9. The van der Waals surface area contributed by atoms with Gasteiger partial charge in [0, 0.05) is 6.07 Å². The van der Waals surface area contributed by atoms with Gasteiger partial charge in [-0.2, -0.15) is 0 Å². The Hall–Kier alpha value is -2.23. The number of benzene rings is 1. The molecule has 0 saturated carbocycles. The van der Waals surface area contributed by atoms with Crippen molar-refractivity contribution in [2.24, 2.45) is 0 Å². The minimum absolute atomic E-state index is 0.554. The van der Waals surface area contributed by atoms with Gasteiger partial charge < -0.3 is 18.6 Å². The van der Waals surface area contributed by atoms with Gasteiger partial charge in [0.15, 0.2) is 5.75 Å². The van der Waals surface area contributed by atoms with Crippen LogP contribution in [0.3, 0.4) is 0 Å². The van der Waals surface area contributed by atoms with Crippen LogP contribution in [0.4, 0.5) is 5.69 Å². The van der Waals surface area contributed by atoms with Crippen LogP contribution in [0.15, 0.2) is 6.07 Å². The van der Waals surface area contributed by atoms with Crippen LogP contribution in [-0.4, -0.2) is 23.6 Å². The highest BCUT2D eigenvalue weighted by atomic mass is 32.3. The molecule has 0 aliphatic carbocycles. The lowest BCUT2D eigenvalue weighted by Gasteiger charge is -2.00. The van der Waals surface area contributed by atoms with E-state index in [0.29, 0.717) is 6.07 Å². The van der Waals surface area contributed by atoms with Gasteiger partial charge >= 0.3 is 16.1 Å². The predicted molar refractivity (Wildman–Crippen MR) is 46.6 cm³/mol. The van der Waals surface area contributed by atoms with Gasteiger partial charge in [0.2, 0.25) is 11.5 Å². The number of phenolic OH excluding ortho intramolecular Hbond substituents is 2. The smallest absolute Gasteiger partial charge is 0.501 e. The van der Waals surface area contributed by atoms with Crippen molar-refractivity contribution in [3.8, 4) is 23.0 Å². The molecule has 1 aliphatic heterocycles. The molecule has 0 atom stereocenters. The summed E-state index contributed by atoms with van der Waals surface area (Å²) in [6.45, 7) is 0. The van der Waals surface area contributed by atoms with E-state index in [2.05, 4.69) is 8.37 Å². The van der Waals surface area contributed by atoms with Crippen LogP contribution >= 0.6 is 0 Å². The zero-order valence-electron chi connectivity index (χ0n) is 7.28. The summed E-state index contributed by atoms with van der Waals surface area (Å²) in [7, 11) is -4.42. The lowest BCUT2D eigenvalue weighted by molar-refractivity contribution is -0.386. The van der Waals surface area contributed by atoms with Crippen LogP contribution < -0.4 is 8.37 Å². The van der Waals surface area contributed by atoms with Gasteiger partial charge in [-0.25, -0.2) is 0 Å². The van der Waals surface area contributed by atoms with Crippen LogP contribution in [0, 0.1) is 10.1 Å². The molecule has 1 aromatic carbocycles. The zero-order valence-corrected chi connectivity index (χ0v) is 8.09. The Morgan fingerprint density at radius 3 is 2.50 bits per heavy atom. The van der Waals surface area contributed by atoms with Crippen molar-refractivity contribution in [3.63, 3.8) is 0 Å². The molecule has 1 heterocycles. The molecule has 9 nitrogen and oxygen atoms in total. The summed E-state index contributed by atoms with van der Waals surface area (Å²) in [6, 6.07) is 0.697. The van der Waals surface area contributed by atoms with Crippen molar-refractivity contribution in [1.29, 1.82) is 0 Å². The number of hydrogen-bond acceptors (Lipinski definition) is 8. The van der Waals surface area contributed by atoms with E-state index in [9.17, 15) is 23.6 Å². The van der Waals surface area contributed by atoms with Crippen LogP contribution in [0.5, 0.6) is 23.0 Å². The largest absolute Gasteiger partial charge is 0.504 e. The number of phenols is 2. The highest BCUT2D eigenvalue weighted by molar-refractivity contribution is 7.82. The second-order valence-corrected chi connectivity index (χ2v) is 3.90. The van der Waals surface area contributed by atoms with E-state index in [-0.39, 0.29) is 0 Å². The quantitative estimate of drug-likeness (QED) is 0.403. The average Bonchev–Trinajstić information content (AvgIpc) is 2.40. The Balaban J connectivity index is 2.77. The van der Waals surface area contributed by atoms with E-state index >= 15 is 0 Å². The minimum atomic E-state index is -4.42. The van der Waals surface area contributed by atoms with Crippen molar-refractivity contribution in [1.82, 2.24) is 0 Å². The van der Waals surface area contributed by atoms with Crippen molar-refractivity contribution in [2.45, 2.75) is 0 Å². The Bertz CT molecular complexity index is 591. The van der Waals surface area contributed by atoms with Gasteiger partial charge in [-0.05, 0) is 0 Å². The number of nitro benzene ring substituents is 1. The molecule has 0 spiro atoms. The van der Waals surface area contributed by atoms with Crippen LogP contribution in [0.1, 0.15) is 0 Å². The zero-order chi connectivity index (χ0) is 12.1. The number of fused-ring (bicyclic) bond motifs is 1. The lowest BCUT2D eigenvalue weighted by atomic mass is 10.2. The van der Waals surface area contributed by atoms with Crippen molar-refractivity contribution >= 4 is 16.1 Å². The van der Waals surface area contributed by atoms with Gasteiger partial charge in [-0.15, -0.1) is 8.42 Å². The van der Waals surface area contributed by atoms with Crippen molar-refractivity contribution in [2.75, 3.05) is 0 Å². The van der Waals surface area contributed by atoms with E-state index in [1.165, 1.54) is 0 Å². The molecular formula is C6H3NO8S. The third-order valence-corrected chi connectivity index (χ3v) is 2.49. The number of rotatable bonds is 1. The molecule has 0 bridgehead atoms. The number of nitro groups is 1.